The molecule has 1 saturated heterocycles. The molecule has 4 nitrogen and oxygen atoms in total. The average Bonchev–Trinajstić information content (AvgIpc) is 2.41. The first-order valence-corrected chi connectivity index (χ1v) is 6.69. The normalized spacial score (nSPS) is 18.3. The third-order valence-electron chi connectivity index (χ3n) is 3.71. The zero-order chi connectivity index (χ0) is 12.8. The first-order valence-electron chi connectivity index (χ1n) is 6.69. The molecule has 1 aromatic heterocycles. The quantitative estimate of drug-likeness (QED) is 0.857. The van der Waals surface area contributed by atoms with E-state index in [1.807, 2.05) is 12.1 Å². The molecule has 1 aromatic rings. The number of nitrogens with zero attached hydrogens (tertiary/aromatic N) is 1. The van der Waals surface area contributed by atoms with Crippen LogP contribution in [0.1, 0.15) is 32.6 Å². The second kappa shape index (κ2) is 5.96. The van der Waals surface area contributed by atoms with Crippen LogP contribution in [0.3, 0.4) is 0 Å². The van der Waals surface area contributed by atoms with Gasteiger partial charge in [-0.2, -0.15) is 0 Å². The van der Waals surface area contributed by atoms with Gasteiger partial charge in [-0.15, -0.1) is 0 Å². The molecule has 0 radical (unpaired) electrons. The minimum Gasteiger partial charge on any atom is -0.325 e. The van der Waals surface area contributed by atoms with Crippen molar-refractivity contribution in [1.82, 2.24) is 10.3 Å². The second-order valence-corrected chi connectivity index (χ2v) is 4.97. The number of hydrogen-bond donors (Lipinski definition) is 2. The van der Waals surface area contributed by atoms with Gasteiger partial charge in [0.05, 0.1) is 5.41 Å². The molecule has 0 unspecified atom stereocenters. The maximum absolute atomic E-state index is 12.5. The second-order valence-electron chi connectivity index (χ2n) is 4.97. The molecule has 18 heavy (non-hydrogen) atoms. The molecule has 2 N–H and O–H groups in total. The fraction of sp³-hybridized carbons (Fsp3) is 0.571. The minimum atomic E-state index is -0.191. The Morgan fingerprint density at radius 3 is 2.67 bits per heavy atom. The third kappa shape index (κ3) is 2.88. The molecule has 0 spiro atoms. The highest BCUT2D eigenvalue weighted by Crippen LogP contribution is 2.35. The highest BCUT2D eigenvalue weighted by molar-refractivity contribution is 5.95. The highest BCUT2D eigenvalue weighted by atomic mass is 16.2. The van der Waals surface area contributed by atoms with Crippen LogP contribution >= 0.6 is 0 Å². The molecular weight excluding hydrogens is 226 g/mol. The molecule has 1 fully saturated rings. The Kier molecular flexibility index (Phi) is 4.31. The van der Waals surface area contributed by atoms with Gasteiger partial charge in [-0.05, 0) is 44.5 Å². The summed E-state index contributed by atoms with van der Waals surface area (Å²) in [7, 11) is 0. The molecule has 1 aliphatic rings. The number of rotatable bonds is 4. The van der Waals surface area contributed by atoms with Gasteiger partial charge >= 0.3 is 0 Å². The van der Waals surface area contributed by atoms with Crippen LogP contribution in [0, 0.1) is 5.41 Å². The predicted molar refractivity (Wildman–Crippen MR) is 72.3 cm³/mol. The summed E-state index contributed by atoms with van der Waals surface area (Å²) in [6.45, 7) is 4.01. The van der Waals surface area contributed by atoms with Gasteiger partial charge in [-0.25, -0.2) is 0 Å². The lowest BCUT2D eigenvalue weighted by molar-refractivity contribution is -0.127. The Balaban J connectivity index is 2.08. The van der Waals surface area contributed by atoms with E-state index in [1.54, 1.807) is 12.4 Å². The van der Waals surface area contributed by atoms with Crippen molar-refractivity contribution in [3.05, 3.63) is 24.5 Å². The Bertz CT molecular complexity index is 380. The van der Waals surface area contributed by atoms with Crippen LogP contribution < -0.4 is 10.6 Å². The molecule has 2 rings (SSSR count). The maximum atomic E-state index is 12.5. The lowest BCUT2D eigenvalue weighted by atomic mass is 9.74. The zero-order valence-electron chi connectivity index (χ0n) is 10.9. The van der Waals surface area contributed by atoms with Crippen molar-refractivity contribution in [2.45, 2.75) is 32.6 Å². The molecule has 0 aliphatic carbocycles. The third-order valence-corrected chi connectivity index (χ3v) is 3.71. The Morgan fingerprint density at radius 1 is 1.39 bits per heavy atom. The van der Waals surface area contributed by atoms with Crippen molar-refractivity contribution in [2.24, 2.45) is 5.41 Å². The molecule has 1 aliphatic heterocycles. The Hall–Kier alpha value is -1.42. The molecule has 0 atom stereocenters. The van der Waals surface area contributed by atoms with E-state index in [-0.39, 0.29) is 11.3 Å². The van der Waals surface area contributed by atoms with Crippen molar-refractivity contribution in [2.75, 3.05) is 18.4 Å². The average molecular weight is 247 g/mol. The van der Waals surface area contributed by atoms with E-state index in [2.05, 4.69) is 22.5 Å². The maximum Gasteiger partial charge on any atom is 0.230 e. The SMILES string of the molecule is CCCC1(C(=O)Nc2ccncc2)CCNCC1. The van der Waals surface area contributed by atoms with Crippen molar-refractivity contribution >= 4 is 11.6 Å². The summed E-state index contributed by atoms with van der Waals surface area (Å²) in [5.41, 5.74) is 0.646. The van der Waals surface area contributed by atoms with Gasteiger partial charge in [-0.1, -0.05) is 13.3 Å². The van der Waals surface area contributed by atoms with E-state index in [0.717, 1.165) is 44.5 Å². The van der Waals surface area contributed by atoms with E-state index in [0.29, 0.717) is 0 Å². The Labute approximate surface area is 108 Å². The monoisotopic (exact) mass is 247 g/mol. The van der Waals surface area contributed by atoms with Crippen LogP contribution in [0.2, 0.25) is 0 Å². The summed E-state index contributed by atoms with van der Waals surface area (Å²) in [5.74, 6) is 0.164. The Morgan fingerprint density at radius 2 is 2.06 bits per heavy atom. The van der Waals surface area contributed by atoms with E-state index in [9.17, 15) is 4.79 Å². The topological polar surface area (TPSA) is 54.0 Å². The number of anilines is 1. The van der Waals surface area contributed by atoms with Crippen molar-refractivity contribution in [3.63, 3.8) is 0 Å². The van der Waals surface area contributed by atoms with Crippen molar-refractivity contribution in [3.8, 4) is 0 Å². The van der Waals surface area contributed by atoms with Gasteiger partial charge in [0.25, 0.3) is 0 Å². The summed E-state index contributed by atoms with van der Waals surface area (Å²) >= 11 is 0. The summed E-state index contributed by atoms with van der Waals surface area (Å²) in [6.07, 6.45) is 7.26. The number of piperidine rings is 1. The van der Waals surface area contributed by atoms with Crippen molar-refractivity contribution < 1.29 is 4.79 Å². The van der Waals surface area contributed by atoms with E-state index < -0.39 is 0 Å². The van der Waals surface area contributed by atoms with Gasteiger partial charge in [0, 0.05) is 18.1 Å². The number of aromatic nitrogens is 1. The van der Waals surface area contributed by atoms with E-state index in [1.165, 1.54) is 0 Å². The summed E-state index contributed by atoms with van der Waals surface area (Å²) in [5, 5.41) is 6.36. The largest absolute Gasteiger partial charge is 0.325 e. The molecule has 4 heteroatoms. The van der Waals surface area contributed by atoms with Crippen molar-refractivity contribution in [1.29, 1.82) is 0 Å². The molecular formula is C14H21N3O. The van der Waals surface area contributed by atoms with Crippen LogP contribution in [0.25, 0.3) is 0 Å². The number of hydrogen-bond acceptors (Lipinski definition) is 3. The standard InChI is InChI=1S/C14H21N3O/c1-2-5-14(6-10-16-11-7-14)13(18)17-12-3-8-15-9-4-12/h3-4,8-9,16H,2,5-7,10-11H2,1H3,(H,15,17,18). The molecule has 1 amide bonds. The lowest BCUT2D eigenvalue weighted by Crippen LogP contribution is -2.44. The van der Waals surface area contributed by atoms with Gasteiger partial charge in [0.1, 0.15) is 0 Å². The van der Waals surface area contributed by atoms with E-state index in [4.69, 9.17) is 0 Å². The number of carbonyl (C=O) groups is 1. The number of nitrogens with one attached hydrogen (secondary N) is 2. The summed E-state index contributed by atoms with van der Waals surface area (Å²) in [6, 6.07) is 3.66. The van der Waals surface area contributed by atoms with Crippen LogP contribution in [0.4, 0.5) is 5.69 Å². The predicted octanol–water partition coefficient (Wildman–Crippen LogP) is 2.19. The van der Waals surface area contributed by atoms with Gasteiger partial charge < -0.3 is 10.6 Å². The van der Waals surface area contributed by atoms with E-state index >= 15 is 0 Å². The fourth-order valence-electron chi connectivity index (χ4n) is 2.67. The summed E-state index contributed by atoms with van der Waals surface area (Å²) < 4.78 is 0. The molecule has 2 heterocycles. The lowest BCUT2D eigenvalue weighted by Gasteiger charge is -2.36. The molecule has 98 valence electrons. The molecule has 0 bridgehead atoms. The van der Waals surface area contributed by atoms with Crippen LogP contribution in [0.15, 0.2) is 24.5 Å². The van der Waals surface area contributed by atoms with Crippen LogP contribution in [-0.4, -0.2) is 24.0 Å². The molecule has 0 saturated carbocycles. The van der Waals surface area contributed by atoms with Gasteiger partial charge in [0.2, 0.25) is 5.91 Å². The number of carbonyl (C=O) groups excluding carboxylic acids is 1. The number of pyridine rings is 1. The smallest absolute Gasteiger partial charge is 0.230 e. The number of amides is 1. The van der Waals surface area contributed by atoms with Gasteiger partial charge in [-0.3, -0.25) is 9.78 Å². The zero-order valence-corrected chi connectivity index (χ0v) is 10.9. The first-order chi connectivity index (χ1) is 8.77. The first kappa shape index (κ1) is 13.0. The fourth-order valence-corrected chi connectivity index (χ4v) is 2.67. The highest BCUT2D eigenvalue weighted by Gasteiger charge is 2.38. The summed E-state index contributed by atoms with van der Waals surface area (Å²) in [4.78, 5) is 16.5. The van der Waals surface area contributed by atoms with Crippen LogP contribution in [-0.2, 0) is 4.79 Å². The molecule has 0 aromatic carbocycles. The van der Waals surface area contributed by atoms with Crippen LogP contribution in [0.5, 0.6) is 0 Å². The van der Waals surface area contributed by atoms with Gasteiger partial charge in [0.15, 0.2) is 0 Å². The minimum absolute atomic E-state index is 0.164.